The van der Waals surface area contributed by atoms with Gasteiger partial charge in [-0.25, -0.2) is 14.1 Å². The maximum atomic E-state index is 13.5. The van der Waals surface area contributed by atoms with E-state index in [9.17, 15) is 9.18 Å². The van der Waals surface area contributed by atoms with Crippen LogP contribution in [0.3, 0.4) is 0 Å². The summed E-state index contributed by atoms with van der Waals surface area (Å²) in [5, 5.41) is 11.9. The van der Waals surface area contributed by atoms with E-state index in [0.29, 0.717) is 34.1 Å². The van der Waals surface area contributed by atoms with Crippen LogP contribution in [0, 0.1) is 5.82 Å². The molecule has 3 heterocycles. The Labute approximate surface area is 191 Å². The first-order valence-corrected chi connectivity index (χ1v) is 10.1. The van der Waals surface area contributed by atoms with Gasteiger partial charge in [0.05, 0.1) is 20.8 Å². The molecule has 3 aromatic heterocycles. The largest absolute Gasteiger partial charge is 0.493 e. The summed E-state index contributed by atoms with van der Waals surface area (Å²) >= 11 is 0. The molecule has 0 spiro atoms. The zero-order valence-corrected chi connectivity index (χ0v) is 18.2. The highest BCUT2D eigenvalue weighted by atomic mass is 19.1. The Morgan fingerprint density at radius 1 is 1.06 bits per heavy atom. The van der Waals surface area contributed by atoms with E-state index in [0.717, 1.165) is 0 Å². The van der Waals surface area contributed by atoms with E-state index in [4.69, 9.17) is 14.0 Å². The molecule has 0 N–H and O–H groups in total. The third-order valence-electron chi connectivity index (χ3n) is 5.13. The molecular formula is C22H18FN7O4. The number of hydrogen-bond acceptors (Lipinski definition) is 9. The number of nitrogens with zero attached hydrogens (tertiary/aromatic N) is 7. The van der Waals surface area contributed by atoms with Gasteiger partial charge in [-0.05, 0) is 35.9 Å². The topological polar surface area (TPSA) is 123 Å². The Bertz CT molecular complexity index is 1540. The number of methoxy groups -OCH3 is 2. The first kappa shape index (κ1) is 21.2. The van der Waals surface area contributed by atoms with Gasteiger partial charge in [0.2, 0.25) is 11.7 Å². The predicted molar refractivity (Wildman–Crippen MR) is 117 cm³/mol. The molecule has 12 heteroatoms. The summed E-state index contributed by atoms with van der Waals surface area (Å²) in [4.78, 5) is 21.6. The Balaban J connectivity index is 1.39. The van der Waals surface area contributed by atoms with Crippen molar-refractivity contribution in [1.82, 2.24) is 34.7 Å². The first-order valence-electron chi connectivity index (χ1n) is 10.1. The summed E-state index contributed by atoms with van der Waals surface area (Å²) in [6, 6.07) is 11.3. The van der Waals surface area contributed by atoms with E-state index < -0.39 is 5.56 Å². The van der Waals surface area contributed by atoms with Crippen LogP contribution in [-0.4, -0.2) is 48.9 Å². The molecule has 0 aliphatic carbocycles. The number of rotatable bonds is 7. The zero-order chi connectivity index (χ0) is 23.7. The smallest absolute Gasteiger partial charge is 0.283 e. The van der Waals surface area contributed by atoms with Crippen molar-refractivity contribution in [2.24, 2.45) is 0 Å². The van der Waals surface area contributed by atoms with E-state index in [1.165, 1.54) is 34.8 Å². The Hall–Kier alpha value is -4.61. The molecule has 0 unspecified atom stereocenters. The third-order valence-corrected chi connectivity index (χ3v) is 5.13. The van der Waals surface area contributed by atoms with Crippen molar-refractivity contribution in [1.29, 1.82) is 0 Å². The summed E-state index contributed by atoms with van der Waals surface area (Å²) in [5.74, 6) is 1.29. The average molecular weight is 463 g/mol. The minimum absolute atomic E-state index is 0.00117. The number of fused-ring (bicyclic) bond motifs is 1. The molecule has 5 aromatic rings. The molecule has 0 aliphatic rings. The van der Waals surface area contributed by atoms with Crippen molar-refractivity contribution in [3.8, 4) is 22.9 Å². The number of halogens is 1. The second-order valence-electron chi connectivity index (χ2n) is 7.31. The lowest BCUT2D eigenvalue weighted by atomic mass is 10.2. The second kappa shape index (κ2) is 8.73. The minimum Gasteiger partial charge on any atom is -0.493 e. The molecule has 2 aromatic carbocycles. The molecule has 34 heavy (non-hydrogen) atoms. The van der Waals surface area contributed by atoms with Gasteiger partial charge in [-0.2, -0.15) is 4.98 Å². The standard InChI is InChI=1S/C22H18FN7O4/c1-32-16-7-6-14(9-17(16)33-2)20-25-18(34-27-20)11-29-12-24-21-19(22(29)31)26-28-30(21)10-13-4-3-5-15(23)8-13/h3-9,12H,10-11H2,1-2H3. The molecule has 0 radical (unpaired) electrons. The number of ether oxygens (including phenoxy) is 2. The summed E-state index contributed by atoms with van der Waals surface area (Å²) < 4.78 is 32.1. The summed E-state index contributed by atoms with van der Waals surface area (Å²) in [6.45, 7) is 0.224. The molecule has 0 fully saturated rings. The summed E-state index contributed by atoms with van der Waals surface area (Å²) in [6.07, 6.45) is 1.36. The first-order chi connectivity index (χ1) is 16.6. The average Bonchev–Trinajstić information content (AvgIpc) is 3.48. The van der Waals surface area contributed by atoms with Gasteiger partial charge in [0.25, 0.3) is 5.56 Å². The van der Waals surface area contributed by atoms with Crippen LogP contribution in [0.4, 0.5) is 4.39 Å². The van der Waals surface area contributed by atoms with E-state index in [-0.39, 0.29) is 30.3 Å². The minimum atomic E-state index is -0.415. The molecule has 0 aliphatic heterocycles. The maximum absolute atomic E-state index is 13.5. The Morgan fingerprint density at radius 3 is 2.71 bits per heavy atom. The molecule has 5 rings (SSSR count). The number of hydrogen-bond donors (Lipinski definition) is 0. The fraction of sp³-hybridized carbons (Fsp3) is 0.182. The van der Waals surface area contributed by atoms with E-state index in [1.807, 2.05) is 0 Å². The van der Waals surface area contributed by atoms with Crippen LogP contribution in [0.1, 0.15) is 11.5 Å². The molecule has 0 atom stereocenters. The lowest BCUT2D eigenvalue weighted by molar-refractivity contribution is 0.355. The maximum Gasteiger partial charge on any atom is 0.283 e. The highest BCUT2D eigenvalue weighted by Gasteiger charge is 2.16. The predicted octanol–water partition coefficient (Wildman–Crippen LogP) is 2.29. The molecule has 0 saturated heterocycles. The quantitative estimate of drug-likeness (QED) is 0.358. The van der Waals surface area contributed by atoms with Gasteiger partial charge in [0, 0.05) is 5.56 Å². The highest BCUT2D eigenvalue weighted by molar-refractivity contribution is 5.67. The van der Waals surface area contributed by atoms with Crippen LogP contribution in [0.5, 0.6) is 11.5 Å². The summed E-state index contributed by atoms with van der Waals surface area (Å²) in [5.41, 5.74) is 1.29. The van der Waals surface area contributed by atoms with E-state index in [1.54, 1.807) is 37.4 Å². The zero-order valence-electron chi connectivity index (χ0n) is 18.2. The van der Waals surface area contributed by atoms with Gasteiger partial charge in [-0.3, -0.25) is 9.36 Å². The Morgan fingerprint density at radius 2 is 1.91 bits per heavy atom. The molecule has 0 saturated carbocycles. The number of aromatic nitrogens is 7. The fourth-order valence-corrected chi connectivity index (χ4v) is 3.47. The van der Waals surface area contributed by atoms with Crippen molar-refractivity contribution in [2.75, 3.05) is 14.2 Å². The summed E-state index contributed by atoms with van der Waals surface area (Å²) in [7, 11) is 3.08. The van der Waals surface area contributed by atoms with Gasteiger partial charge in [-0.15, -0.1) is 5.10 Å². The monoisotopic (exact) mass is 463 g/mol. The molecule has 0 amide bonds. The van der Waals surface area contributed by atoms with Crippen molar-refractivity contribution in [3.05, 3.63) is 76.4 Å². The lowest BCUT2D eigenvalue weighted by Gasteiger charge is -2.07. The molecule has 11 nitrogen and oxygen atoms in total. The number of benzene rings is 2. The van der Waals surface area contributed by atoms with Crippen molar-refractivity contribution < 1.29 is 18.4 Å². The van der Waals surface area contributed by atoms with Gasteiger partial charge in [0.15, 0.2) is 22.7 Å². The van der Waals surface area contributed by atoms with Crippen LogP contribution in [-0.2, 0) is 13.1 Å². The van der Waals surface area contributed by atoms with Crippen LogP contribution in [0.15, 0.2) is 58.1 Å². The van der Waals surface area contributed by atoms with Gasteiger partial charge in [-0.1, -0.05) is 22.5 Å². The highest BCUT2D eigenvalue weighted by Crippen LogP contribution is 2.31. The van der Waals surface area contributed by atoms with Crippen molar-refractivity contribution in [3.63, 3.8) is 0 Å². The van der Waals surface area contributed by atoms with E-state index >= 15 is 0 Å². The van der Waals surface area contributed by atoms with Gasteiger partial charge in [0.1, 0.15) is 18.7 Å². The van der Waals surface area contributed by atoms with Crippen LogP contribution in [0.25, 0.3) is 22.6 Å². The molecule has 0 bridgehead atoms. The Kier molecular flexibility index (Phi) is 5.46. The fourth-order valence-electron chi connectivity index (χ4n) is 3.47. The van der Waals surface area contributed by atoms with Gasteiger partial charge < -0.3 is 14.0 Å². The van der Waals surface area contributed by atoms with Crippen molar-refractivity contribution in [2.45, 2.75) is 13.1 Å². The van der Waals surface area contributed by atoms with Crippen LogP contribution >= 0.6 is 0 Å². The normalized spacial score (nSPS) is 11.1. The lowest BCUT2D eigenvalue weighted by Crippen LogP contribution is -2.21. The van der Waals surface area contributed by atoms with Crippen LogP contribution < -0.4 is 15.0 Å². The molecule has 172 valence electrons. The van der Waals surface area contributed by atoms with E-state index in [2.05, 4.69) is 25.4 Å². The molecular weight excluding hydrogens is 445 g/mol. The second-order valence-corrected chi connectivity index (χ2v) is 7.31. The SMILES string of the molecule is COc1ccc(-c2noc(Cn3cnc4c(nnn4Cc4cccc(F)c4)c3=O)n2)cc1OC. The third kappa shape index (κ3) is 3.96. The van der Waals surface area contributed by atoms with Gasteiger partial charge >= 0.3 is 0 Å². The van der Waals surface area contributed by atoms with Crippen LogP contribution in [0.2, 0.25) is 0 Å². The van der Waals surface area contributed by atoms with Crippen molar-refractivity contribution >= 4 is 11.2 Å².